The highest BCUT2D eigenvalue weighted by Gasteiger charge is 2.13. The molecule has 0 radical (unpaired) electrons. The zero-order chi connectivity index (χ0) is 12.3. The van der Waals surface area contributed by atoms with E-state index in [2.05, 4.69) is 38.1 Å². The van der Waals surface area contributed by atoms with Gasteiger partial charge in [0.15, 0.2) is 0 Å². The van der Waals surface area contributed by atoms with Crippen LogP contribution >= 0.6 is 0 Å². The number of nitrogens with two attached hydrogens (primary N) is 1. The molecule has 1 aromatic carbocycles. The van der Waals surface area contributed by atoms with Crippen LogP contribution in [0.3, 0.4) is 0 Å². The maximum Gasteiger partial charge on any atom is 0.108 e. The molecule has 0 fully saturated rings. The van der Waals surface area contributed by atoms with Gasteiger partial charge in [-0.25, -0.2) is 0 Å². The quantitative estimate of drug-likeness (QED) is 0.872. The summed E-state index contributed by atoms with van der Waals surface area (Å²) in [7, 11) is 0. The average Bonchev–Trinajstić information content (AvgIpc) is 2.80. The van der Waals surface area contributed by atoms with Crippen molar-refractivity contribution >= 4 is 0 Å². The first-order chi connectivity index (χ1) is 8.20. The van der Waals surface area contributed by atoms with Crippen LogP contribution in [0.25, 0.3) is 0 Å². The lowest BCUT2D eigenvalue weighted by Crippen LogP contribution is -2.14. The van der Waals surface area contributed by atoms with Crippen molar-refractivity contribution < 1.29 is 4.42 Å². The van der Waals surface area contributed by atoms with E-state index < -0.39 is 0 Å². The zero-order valence-corrected chi connectivity index (χ0v) is 10.4. The molecule has 1 aromatic heterocycles. The van der Waals surface area contributed by atoms with Crippen molar-refractivity contribution in [3.63, 3.8) is 0 Å². The Hall–Kier alpha value is -1.54. The fourth-order valence-electron chi connectivity index (χ4n) is 2.06. The minimum absolute atomic E-state index is 0.0198. The SMILES string of the molecule is CCc1occc1C(N)Cc1ccc(C)cc1. The molecule has 1 atom stereocenters. The van der Waals surface area contributed by atoms with Gasteiger partial charge in [0.1, 0.15) is 5.76 Å². The molecule has 0 aliphatic carbocycles. The van der Waals surface area contributed by atoms with Crippen LogP contribution in [0.2, 0.25) is 0 Å². The predicted molar refractivity (Wildman–Crippen MR) is 69.9 cm³/mol. The monoisotopic (exact) mass is 229 g/mol. The van der Waals surface area contributed by atoms with Crippen LogP contribution in [-0.2, 0) is 12.8 Å². The molecule has 1 heterocycles. The zero-order valence-electron chi connectivity index (χ0n) is 10.4. The molecule has 17 heavy (non-hydrogen) atoms. The minimum Gasteiger partial charge on any atom is -0.469 e. The van der Waals surface area contributed by atoms with Crippen LogP contribution in [0.1, 0.15) is 35.4 Å². The van der Waals surface area contributed by atoms with Gasteiger partial charge in [0.25, 0.3) is 0 Å². The standard InChI is InChI=1S/C15H19NO/c1-3-15-13(8-9-17-15)14(16)10-12-6-4-11(2)5-7-12/h4-9,14H,3,10,16H2,1-2H3. The van der Waals surface area contributed by atoms with Crippen molar-refractivity contribution in [2.75, 3.05) is 0 Å². The number of aryl methyl sites for hydroxylation is 2. The lowest BCUT2D eigenvalue weighted by atomic mass is 9.99. The van der Waals surface area contributed by atoms with Gasteiger partial charge in [0.05, 0.1) is 6.26 Å². The predicted octanol–water partition coefficient (Wildman–Crippen LogP) is 3.39. The summed E-state index contributed by atoms with van der Waals surface area (Å²) in [6.45, 7) is 4.18. The van der Waals surface area contributed by atoms with E-state index in [1.54, 1.807) is 6.26 Å². The Kier molecular flexibility index (Phi) is 3.64. The van der Waals surface area contributed by atoms with Gasteiger partial charge < -0.3 is 10.2 Å². The number of benzene rings is 1. The Labute approximate surface area is 102 Å². The van der Waals surface area contributed by atoms with E-state index in [9.17, 15) is 0 Å². The summed E-state index contributed by atoms with van der Waals surface area (Å²) in [5, 5.41) is 0. The van der Waals surface area contributed by atoms with Crippen LogP contribution in [0.4, 0.5) is 0 Å². The molecule has 2 rings (SSSR count). The molecular formula is C15H19NO. The average molecular weight is 229 g/mol. The molecular weight excluding hydrogens is 210 g/mol. The maximum absolute atomic E-state index is 6.23. The molecule has 0 amide bonds. The van der Waals surface area contributed by atoms with Crippen molar-refractivity contribution in [2.24, 2.45) is 5.73 Å². The highest BCUT2D eigenvalue weighted by atomic mass is 16.3. The second-order valence-corrected chi connectivity index (χ2v) is 4.45. The minimum atomic E-state index is 0.0198. The topological polar surface area (TPSA) is 39.2 Å². The number of hydrogen-bond donors (Lipinski definition) is 1. The van der Waals surface area contributed by atoms with Crippen molar-refractivity contribution in [1.29, 1.82) is 0 Å². The Morgan fingerprint density at radius 2 is 1.88 bits per heavy atom. The molecule has 1 unspecified atom stereocenters. The first-order valence-electron chi connectivity index (χ1n) is 6.08. The second kappa shape index (κ2) is 5.19. The van der Waals surface area contributed by atoms with Crippen LogP contribution in [0.5, 0.6) is 0 Å². The Morgan fingerprint density at radius 3 is 2.53 bits per heavy atom. The molecule has 2 aromatic rings. The smallest absolute Gasteiger partial charge is 0.108 e. The molecule has 2 nitrogen and oxygen atoms in total. The van der Waals surface area contributed by atoms with Gasteiger partial charge in [0, 0.05) is 18.0 Å². The lowest BCUT2D eigenvalue weighted by Gasteiger charge is -2.11. The lowest BCUT2D eigenvalue weighted by molar-refractivity contribution is 0.505. The van der Waals surface area contributed by atoms with Gasteiger partial charge in [-0.05, 0) is 25.0 Å². The summed E-state index contributed by atoms with van der Waals surface area (Å²) < 4.78 is 5.41. The van der Waals surface area contributed by atoms with E-state index in [4.69, 9.17) is 10.2 Å². The van der Waals surface area contributed by atoms with Crippen molar-refractivity contribution in [2.45, 2.75) is 32.7 Å². The van der Waals surface area contributed by atoms with Gasteiger partial charge in [-0.3, -0.25) is 0 Å². The number of furan rings is 1. The summed E-state index contributed by atoms with van der Waals surface area (Å²) in [6.07, 6.45) is 3.47. The van der Waals surface area contributed by atoms with E-state index in [1.165, 1.54) is 11.1 Å². The Balaban J connectivity index is 2.11. The fraction of sp³-hybridized carbons (Fsp3) is 0.333. The van der Waals surface area contributed by atoms with E-state index in [0.717, 1.165) is 24.2 Å². The normalized spacial score (nSPS) is 12.6. The van der Waals surface area contributed by atoms with Crippen LogP contribution in [0.15, 0.2) is 41.0 Å². The third kappa shape index (κ3) is 2.77. The summed E-state index contributed by atoms with van der Waals surface area (Å²) in [5.74, 6) is 1.00. The third-order valence-electron chi connectivity index (χ3n) is 3.08. The van der Waals surface area contributed by atoms with Crippen LogP contribution in [-0.4, -0.2) is 0 Å². The maximum atomic E-state index is 6.23. The molecule has 0 aliphatic heterocycles. The van der Waals surface area contributed by atoms with Gasteiger partial charge >= 0.3 is 0 Å². The van der Waals surface area contributed by atoms with Gasteiger partial charge in [-0.1, -0.05) is 36.8 Å². The van der Waals surface area contributed by atoms with Gasteiger partial charge in [-0.2, -0.15) is 0 Å². The van der Waals surface area contributed by atoms with Crippen LogP contribution in [0, 0.1) is 6.92 Å². The van der Waals surface area contributed by atoms with Crippen molar-refractivity contribution in [3.8, 4) is 0 Å². The van der Waals surface area contributed by atoms with Crippen molar-refractivity contribution in [3.05, 3.63) is 59.0 Å². The largest absolute Gasteiger partial charge is 0.469 e. The highest BCUT2D eigenvalue weighted by molar-refractivity contribution is 5.26. The molecule has 0 aliphatic rings. The van der Waals surface area contributed by atoms with E-state index in [0.29, 0.717) is 0 Å². The third-order valence-corrected chi connectivity index (χ3v) is 3.08. The molecule has 2 heteroatoms. The Morgan fingerprint density at radius 1 is 1.18 bits per heavy atom. The van der Waals surface area contributed by atoms with E-state index in [1.807, 2.05) is 6.07 Å². The summed E-state index contributed by atoms with van der Waals surface area (Å²) in [5.41, 5.74) is 9.91. The molecule has 2 N–H and O–H groups in total. The van der Waals surface area contributed by atoms with E-state index >= 15 is 0 Å². The van der Waals surface area contributed by atoms with E-state index in [-0.39, 0.29) is 6.04 Å². The fourth-order valence-corrected chi connectivity index (χ4v) is 2.06. The highest BCUT2D eigenvalue weighted by Crippen LogP contribution is 2.21. The second-order valence-electron chi connectivity index (χ2n) is 4.45. The molecule has 0 bridgehead atoms. The molecule has 0 saturated carbocycles. The summed E-state index contributed by atoms with van der Waals surface area (Å²) in [4.78, 5) is 0. The molecule has 0 saturated heterocycles. The Bertz CT molecular complexity index is 470. The van der Waals surface area contributed by atoms with Gasteiger partial charge in [-0.15, -0.1) is 0 Å². The number of rotatable bonds is 4. The summed E-state index contributed by atoms with van der Waals surface area (Å²) in [6, 6.07) is 10.5. The first kappa shape index (κ1) is 11.9. The van der Waals surface area contributed by atoms with Crippen LogP contribution < -0.4 is 5.73 Å². The molecule has 0 spiro atoms. The number of hydrogen-bond acceptors (Lipinski definition) is 2. The molecule has 90 valence electrons. The first-order valence-corrected chi connectivity index (χ1v) is 6.08. The van der Waals surface area contributed by atoms with Crippen molar-refractivity contribution in [1.82, 2.24) is 0 Å². The van der Waals surface area contributed by atoms with Gasteiger partial charge in [0.2, 0.25) is 0 Å². The summed E-state index contributed by atoms with van der Waals surface area (Å²) >= 11 is 0.